The highest BCUT2D eigenvalue weighted by Crippen LogP contribution is 2.25. The topological polar surface area (TPSA) is 221 Å². The zero-order valence-electron chi connectivity index (χ0n) is 22.8. The first kappa shape index (κ1) is 31.2. The fourth-order valence-corrected chi connectivity index (χ4v) is 4.28. The summed E-state index contributed by atoms with van der Waals surface area (Å²) in [6, 6.07) is 23.3. The highest BCUT2D eigenvalue weighted by molar-refractivity contribution is 5.92. The quantitative estimate of drug-likeness (QED) is 0.0534. The molecule has 0 aliphatic carbocycles. The van der Waals surface area contributed by atoms with Gasteiger partial charge in [0.15, 0.2) is 5.03 Å². The molecule has 42 heavy (non-hydrogen) atoms. The van der Waals surface area contributed by atoms with Crippen LogP contribution in [0.1, 0.15) is 47.1 Å². The summed E-state index contributed by atoms with van der Waals surface area (Å²) in [4.78, 5) is 48.8. The second-order valence-corrected chi connectivity index (χ2v) is 9.45. The van der Waals surface area contributed by atoms with E-state index in [0.717, 1.165) is 16.7 Å². The zero-order chi connectivity index (χ0) is 30.5. The summed E-state index contributed by atoms with van der Waals surface area (Å²) in [6.07, 6.45) is 0.548. The molecule has 0 aliphatic heterocycles. The number of primary amides is 1. The Hall–Kier alpha value is -5.30. The van der Waals surface area contributed by atoms with Crippen molar-refractivity contribution in [3.05, 3.63) is 117 Å². The largest absolute Gasteiger partial charge is 0.368 e. The molecule has 3 rings (SSSR count). The van der Waals surface area contributed by atoms with Gasteiger partial charge in [-0.25, -0.2) is 10.1 Å². The summed E-state index contributed by atoms with van der Waals surface area (Å²) in [5, 5.41) is 20.9. The Balaban J connectivity index is 1.74. The molecule has 9 N–H and O–H groups in total. The summed E-state index contributed by atoms with van der Waals surface area (Å²) >= 11 is 0. The lowest BCUT2D eigenvalue weighted by Gasteiger charge is -2.23. The van der Waals surface area contributed by atoms with Crippen molar-refractivity contribution >= 4 is 23.7 Å². The molecular weight excluding hydrogens is 540 g/mol. The molecule has 0 saturated heterocycles. The first-order chi connectivity index (χ1) is 20.2. The number of rotatable bonds is 14. The average Bonchev–Trinajstić information content (AvgIpc) is 2.98. The van der Waals surface area contributed by atoms with Crippen LogP contribution in [0.25, 0.3) is 0 Å². The van der Waals surface area contributed by atoms with Gasteiger partial charge in [0.05, 0.1) is 5.92 Å². The first-order valence-corrected chi connectivity index (χ1v) is 13.2. The number of nitro groups is 1. The smallest absolute Gasteiger partial charge is 0.266 e. The van der Waals surface area contributed by atoms with E-state index in [-0.39, 0.29) is 31.4 Å². The van der Waals surface area contributed by atoms with Crippen molar-refractivity contribution in [1.82, 2.24) is 16.0 Å². The van der Waals surface area contributed by atoms with Crippen molar-refractivity contribution in [2.75, 3.05) is 6.54 Å². The molecule has 3 aromatic rings. The molecule has 0 heterocycles. The second-order valence-electron chi connectivity index (χ2n) is 9.45. The number of hydrogen-bond acceptors (Lipinski definition) is 6. The zero-order valence-corrected chi connectivity index (χ0v) is 22.8. The Morgan fingerprint density at radius 3 is 1.90 bits per heavy atom. The van der Waals surface area contributed by atoms with Gasteiger partial charge < -0.3 is 33.2 Å². The van der Waals surface area contributed by atoms with Gasteiger partial charge in [0.1, 0.15) is 17.2 Å². The minimum absolute atomic E-state index is 0.152. The number of nitrogens with two attached hydrogens (primary N) is 3. The van der Waals surface area contributed by atoms with E-state index in [1.165, 1.54) is 0 Å². The van der Waals surface area contributed by atoms with E-state index in [1.807, 2.05) is 60.7 Å². The maximum atomic E-state index is 13.7. The van der Waals surface area contributed by atoms with Crippen LogP contribution in [0, 0.1) is 10.1 Å². The molecule has 0 aromatic heterocycles. The Kier molecular flexibility index (Phi) is 11.5. The Morgan fingerprint density at radius 1 is 0.810 bits per heavy atom. The van der Waals surface area contributed by atoms with E-state index in [9.17, 15) is 24.5 Å². The van der Waals surface area contributed by atoms with Gasteiger partial charge in [-0.3, -0.25) is 14.4 Å². The van der Waals surface area contributed by atoms with Crippen molar-refractivity contribution in [3.8, 4) is 0 Å². The number of amides is 3. The molecule has 0 bridgehead atoms. The molecule has 0 radical (unpaired) electrons. The van der Waals surface area contributed by atoms with Crippen LogP contribution in [0.4, 0.5) is 0 Å². The van der Waals surface area contributed by atoms with Gasteiger partial charge >= 0.3 is 0 Å². The van der Waals surface area contributed by atoms with Crippen molar-refractivity contribution in [2.24, 2.45) is 22.3 Å². The van der Waals surface area contributed by atoms with Crippen LogP contribution < -0.4 is 33.2 Å². The van der Waals surface area contributed by atoms with Gasteiger partial charge in [-0.05, 0) is 35.1 Å². The highest BCUT2D eigenvalue weighted by atomic mass is 16.7. The molecular formula is C29H34N8O5. The molecule has 13 heteroatoms. The fourth-order valence-electron chi connectivity index (χ4n) is 4.28. The molecule has 1 unspecified atom stereocenters. The van der Waals surface area contributed by atoms with Gasteiger partial charge in [-0.15, -0.1) is 0 Å². The van der Waals surface area contributed by atoms with Crippen LogP contribution >= 0.6 is 0 Å². The molecule has 2 atom stereocenters. The summed E-state index contributed by atoms with van der Waals surface area (Å²) in [7, 11) is 0. The van der Waals surface area contributed by atoms with E-state index < -0.39 is 34.8 Å². The maximum absolute atomic E-state index is 13.7. The number of carbonyl (C=O) groups is 3. The van der Waals surface area contributed by atoms with Crippen LogP contribution in [0.5, 0.6) is 0 Å². The molecule has 0 spiro atoms. The molecule has 3 amide bonds. The van der Waals surface area contributed by atoms with E-state index in [4.69, 9.17) is 17.2 Å². The minimum Gasteiger partial charge on any atom is -0.368 e. The Morgan fingerprint density at radius 2 is 1.38 bits per heavy atom. The third kappa shape index (κ3) is 9.41. The van der Waals surface area contributed by atoms with E-state index in [0.29, 0.717) is 12.0 Å². The molecule has 3 aromatic carbocycles. The lowest BCUT2D eigenvalue weighted by molar-refractivity contribution is -0.485. The number of carbonyl (C=O) groups excluding carboxylic acids is 3. The van der Waals surface area contributed by atoms with Crippen molar-refractivity contribution < 1.29 is 19.4 Å². The molecule has 0 aliphatic rings. The summed E-state index contributed by atoms with van der Waals surface area (Å²) in [6.45, 7) is 0.337. The van der Waals surface area contributed by atoms with Gasteiger partial charge in [-0.2, -0.15) is 0 Å². The normalized spacial score (nSPS) is 12.7. The van der Waals surface area contributed by atoms with Crippen LogP contribution in [0.2, 0.25) is 0 Å². The third-order valence-electron chi connectivity index (χ3n) is 6.44. The standard InChI is InChI=1S/C29H34N8O5/c30-25(26(31)38)22-15-13-19(14-16-22)18-34-27(39)23(12-7-17-33-29(32)36-37(41)42)35-28(40)24(20-8-3-1-4-9-20)21-10-5-2-6-11-21/h1-6,8-11,13-16,23-25H,7,12,17-18,30H2,(H2,31,38)(H,34,39)(H,35,40)(H3,32,33,36)/t23-,25?/m1/s1. The van der Waals surface area contributed by atoms with Crippen LogP contribution in [0.3, 0.4) is 0 Å². The summed E-state index contributed by atoms with van der Waals surface area (Å²) < 4.78 is 0. The van der Waals surface area contributed by atoms with Crippen LogP contribution in [-0.2, 0) is 20.9 Å². The summed E-state index contributed by atoms with van der Waals surface area (Å²) in [5.41, 5.74) is 19.3. The van der Waals surface area contributed by atoms with Gasteiger partial charge in [0, 0.05) is 13.1 Å². The lowest BCUT2D eigenvalue weighted by Crippen LogP contribution is -2.48. The number of nitrogens with zero attached hydrogens (tertiary/aromatic N) is 2. The van der Waals surface area contributed by atoms with E-state index in [2.05, 4.69) is 21.1 Å². The van der Waals surface area contributed by atoms with E-state index >= 15 is 0 Å². The lowest BCUT2D eigenvalue weighted by atomic mass is 9.90. The number of guanidine groups is 1. The number of hydrogen-bond donors (Lipinski definition) is 6. The van der Waals surface area contributed by atoms with E-state index in [1.54, 1.807) is 24.3 Å². The average molecular weight is 575 g/mol. The Bertz CT molecular complexity index is 1340. The monoisotopic (exact) mass is 574 g/mol. The SMILES string of the molecule is NC(=O)C(N)c1ccc(CNC(=O)[C@@H](CCCN/C(N)=N\[N+](=O)[O-])NC(=O)C(c2ccccc2)c2ccccc2)cc1. The molecule has 220 valence electrons. The number of hydrazone groups is 1. The molecule has 0 fully saturated rings. The number of benzene rings is 3. The van der Waals surface area contributed by atoms with Crippen LogP contribution in [0.15, 0.2) is 90.0 Å². The molecule has 13 nitrogen and oxygen atoms in total. The van der Waals surface area contributed by atoms with Crippen molar-refractivity contribution in [2.45, 2.75) is 37.4 Å². The van der Waals surface area contributed by atoms with Crippen molar-refractivity contribution in [3.63, 3.8) is 0 Å². The van der Waals surface area contributed by atoms with Gasteiger partial charge in [-0.1, -0.05) is 84.9 Å². The highest BCUT2D eigenvalue weighted by Gasteiger charge is 2.27. The fraction of sp³-hybridized carbons (Fsp3) is 0.241. The van der Waals surface area contributed by atoms with Crippen molar-refractivity contribution in [1.29, 1.82) is 0 Å². The third-order valence-corrected chi connectivity index (χ3v) is 6.44. The van der Waals surface area contributed by atoms with Gasteiger partial charge in [0.2, 0.25) is 17.7 Å². The first-order valence-electron chi connectivity index (χ1n) is 13.2. The molecule has 0 saturated carbocycles. The predicted octanol–water partition coefficient (Wildman–Crippen LogP) is 0.981. The Labute approximate surface area is 242 Å². The number of nitrogens with one attached hydrogen (secondary N) is 3. The maximum Gasteiger partial charge on any atom is 0.266 e. The predicted molar refractivity (Wildman–Crippen MR) is 157 cm³/mol. The summed E-state index contributed by atoms with van der Waals surface area (Å²) in [5.74, 6) is -2.46. The van der Waals surface area contributed by atoms with Crippen LogP contribution in [-0.4, -0.2) is 41.3 Å². The van der Waals surface area contributed by atoms with Gasteiger partial charge in [0.25, 0.3) is 5.96 Å². The second kappa shape index (κ2) is 15.5. The minimum atomic E-state index is -0.937.